The highest BCUT2D eigenvalue weighted by atomic mass is 16.6. The Balaban J connectivity index is 2.13. The molecule has 7 heteroatoms. The third-order valence-electron chi connectivity index (χ3n) is 2.64. The summed E-state index contributed by atoms with van der Waals surface area (Å²) in [6.45, 7) is -0.295. The summed E-state index contributed by atoms with van der Waals surface area (Å²) in [5.41, 5.74) is -1.56. The fourth-order valence-electron chi connectivity index (χ4n) is 1.71. The maximum absolute atomic E-state index is 9.94. The van der Waals surface area contributed by atoms with Crippen LogP contribution in [-0.2, 0) is 9.57 Å². The van der Waals surface area contributed by atoms with Crippen LogP contribution in [0.5, 0.6) is 0 Å². The Labute approximate surface area is 85.5 Å². The molecule has 0 aromatic rings. The van der Waals surface area contributed by atoms with Crippen LogP contribution in [0.4, 0.5) is 0 Å². The first-order valence-corrected chi connectivity index (χ1v) is 4.59. The van der Waals surface area contributed by atoms with Crippen molar-refractivity contribution in [2.24, 2.45) is 5.16 Å². The van der Waals surface area contributed by atoms with Crippen molar-refractivity contribution in [2.75, 3.05) is 13.2 Å². The summed E-state index contributed by atoms with van der Waals surface area (Å²) in [5.74, 6) is 0. The predicted molar refractivity (Wildman–Crippen MR) is 47.2 cm³/mol. The molecule has 0 saturated carbocycles. The molecule has 86 valence electrons. The first-order valence-electron chi connectivity index (χ1n) is 4.59. The minimum absolute atomic E-state index is 0.141. The van der Waals surface area contributed by atoms with E-state index in [4.69, 9.17) is 4.74 Å². The van der Waals surface area contributed by atoms with Crippen molar-refractivity contribution in [3.63, 3.8) is 0 Å². The highest BCUT2D eigenvalue weighted by Gasteiger charge is 2.50. The van der Waals surface area contributed by atoms with Gasteiger partial charge in [0.05, 0.1) is 12.8 Å². The molecule has 5 atom stereocenters. The second kappa shape index (κ2) is 3.69. The van der Waals surface area contributed by atoms with E-state index in [1.165, 1.54) is 0 Å². The van der Waals surface area contributed by atoms with Crippen LogP contribution >= 0.6 is 0 Å². The Morgan fingerprint density at radius 3 is 2.60 bits per heavy atom. The van der Waals surface area contributed by atoms with E-state index in [9.17, 15) is 20.4 Å². The molecular weight excluding hydrogens is 206 g/mol. The molecule has 0 aliphatic carbocycles. The SMILES string of the molecule is O[C@H]1[C@H](O)[C@@H](C2(O)C=NOC2)OC[C@@H]1O. The second-order valence-electron chi connectivity index (χ2n) is 3.80. The lowest BCUT2D eigenvalue weighted by Gasteiger charge is -2.40. The Bertz CT molecular complexity index is 272. The number of oxime groups is 1. The van der Waals surface area contributed by atoms with Gasteiger partial charge >= 0.3 is 0 Å². The largest absolute Gasteiger partial charge is 0.392 e. The fourth-order valence-corrected chi connectivity index (χ4v) is 1.71. The standard InChI is InChI=1S/C8H13NO6/c10-4-1-14-7(6(12)5(4)11)8(13)2-9-15-3-8/h2,4-7,10-13H,1,3H2/t4-,5+,6-,7-,8?/m0/s1. The number of hydrogen-bond donors (Lipinski definition) is 4. The first-order chi connectivity index (χ1) is 7.04. The third-order valence-corrected chi connectivity index (χ3v) is 2.64. The number of aliphatic hydroxyl groups excluding tert-OH is 3. The van der Waals surface area contributed by atoms with E-state index < -0.39 is 30.0 Å². The van der Waals surface area contributed by atoms with Gasteiger partial charge in [0.2, 0.25) is 0 Å². The molecule has 15 heavy (non-hydrogen) atoms. The van der Waals surface area contributed by atoms with Gasteiger partial charge in [-0.1, -0.05) is 5.16 Å². The highest BCUT2D eigenvalue weighted by molar-refractivity contribution is 5.70. The van der Waals surface area contributed by atoms with Gasteiger partial charge in [-0.15, -0.1) is 0 Å². The van der Waals surface area contributed by atoms with Crippen LogP contribution in [0.3, 0.4) is 0 Å². The zero-order valence-electron chi connectivity index (χ0n) is 7.85. The van der Waals surface area contributed by atoms with E-state index in [1.807, 2.05) is 0 Å². The maximum Gasteiger partial charge on any atom is 0.168 e. The zero-order chi connectivity index (χ0) is 11.1. The van der Waals surface area contributed by atoms with Crippen LogP contribution < -0.4 is 0 Å². The molecule has 0 bridgehead atoms. The molecule has 0 spiro atoms. The van der Waals surface area contributed by atoms with Crippen molar-refractivity contribution < 1.29 is 30.0 Å². The predicted octanol–water partition coefficient (Wildman–Crippen LogP) is -2.78. The number of rotatable bonds is 1. The van der Waals surface area contributed by atoms with E-state index in [-0.39, 0.29) is 13.2 Å². The van der Waals surface area contributed by atoms with E-state index in [0.717, 1.165) is 6.21 Å². The smallest absolute Gasteiger partial charge is 0.168 e. The molecule has 0 aromatic heterocycles. The molecule has 2 aliphatic rings. The minimum Gasteiger partial charge on any atom is -0.392 e. The molecule has 2 heterocycles. The molecular formula is C8H13NO6. The summed E-state index contributed by atoms with van der Waals surface area (Å²) < 4.78 is 5.08. The molecule has 1 saturated heterocycles. The number of hydrogen-bond acceptors (Lipinski definition) is 7. The van der Waals surface area contributed by atoms with Gasteiger partial charge in [-0.25, -0.2) is 0 Å². The van der Waals surface area contributed by atoms with Crippen LogP contribution in [-0.4, -0.2) is 69.9 Å². The van der Waals surface area contributed by atoms with Gasteiger partial charge in [0, 0.05) is 0 Å². The lowest BCUT2D eigenvalue weighted by Crippen LogP contribution is -2.62. The number of nitrogens with zero attached hydrogens (tertiary/aromatic N) is 1. The lowest BCUT2D eigenvalue weighted by molar-refractivity contribution is -0.224. The Hall–Kier alpha value is -0.730. The summed E-state index contributed by atoms with van der Waals surface area (Å²) in [6, 6.07) is 0. The highest BCUT2D eigenvalue weighted by Crippen LogP contribution is 2.26. The fraction of sp³-hybridized carbons (Fsp3) is 0.875. The molecule has 2 aliphatic heterocycles. The van der Waals surface area contributed by atoms with Crippen molar-refractivity contribution in [2.45, 2.75) is 30.0 Å². The van der Waals surface area contributed by atoms with Gasteiger partial charge in [0.25, 0.3) is 0 Å². The van der Waals surface area contributed by atoms with Crippen LogP contribution in [0, 0.1) is 0 Å². The summed E-state index contributed by atoms with van der Waals surface area (Å²) in [5, 5.41) is 41.6. The minimum atomic E-state index is -1.56. The normalized spacial score (nSPS) is 50.4. The third kappa shape index (κ3) is 1.72. The molecule has 0 amide bonds. The van der Waals surface area contributed by atoms with Gasteiger partial charge < -0.3 is 30.0 Å². The monoisotopic (exact) mass is 219 g/mol. The molecule has 1 unspecified atom stereocenters. The van der Waals surface area contributed by atoms with Crippen LogP contribution in [0.2, 0.25) is 0 Å². The molecule has 1 fully saturated rings. The van der Waals surface area contributed by atoms with Crippen LogP contribution in [0.25, 0.3) is 0 Å². The van der Waals surface area contributed by atoms with E-state index >= 15 is 0 Å². The summed E-state index contributed by atoms with van der Waals surface area (Å²) in [4.78, 5) is 4.61. The average molecular weight is 219 g/mol. The topological polar surface area (TPSA) is 112 Å². The first kappa shape index (κ1) is 10.8. The molecule has 7 nitrogen and oxygen atoms in total. The van der Waals surface area contributed by atoms with E-state index in [2.05, 4.69) is 9.99 Å². The summed E-state index contributed by atoms with van der Waals surface area (Å²) in [6.07, 6.45) is -3.82. The Kier molecular flexibility index (Phi) is 2.65. The quantitative estimate of drug-likeness (QED) is 0.379. The van der Waals surface area contributed by atoms with Crippen molar-refractivity contribution in [3.05, 3.63) is 0 Å². The maximum atomic E-state index is 9.94. The van der Waals surface area contributed by atoms with Gasteiger partial charge in [0.15, 0.2) is 12.2 Å². The van der Waals surface area contributed by atoms with Crippen LogP contribution in [0.15, 0.2) is 5.16 Å². The van der Waals surface area contributed by atoms with Crippen molar-refractivity contribution in [3.8, 4) is 0 Å². The summed E-state index contributed by atoms with van der Waals surface area (Å²) >= 11 is 0. The van der Waals surface area contributed by atoms with Gasteiger partial charge in [-0.05, 0) is 0 Å². The van der Waals surface area contributed by atoms with E-state index in [0.29, 0.717) is 0 Å². The lowest BCUT2D eigenvalue weighted by atomic mass is 9.88. The Morgan fingerprint density at radius 1 is 1.27 bits per heavy atom. The summed E-state index contributed by atoms with van der Waals surface area (Å²) in [7, 11) is 0. The molecule has 0 radical (unpaired) electrons. The number of ether oxygens (including phenoxy) is 1. The van der Waals surface area contributed by atoms with Crippen molar-refractivity contribution in [1.29, 1.82) is 0 Å². The average Bonchev–Trinajstić information content (AvgIpc) is 2.62. The van der Waals surface area contributed by atoms with Crippen LogP contribution in [0.1, 0.15) is 0 Å². The van der Waals surface area contributed by atoms with Gasteiger partial charge in [-0.3, -0.25) is 0 Å². The van der Waals surface area contributed by atoms with Gasteiger partial charge in [-0.2, -0.15) is 0 Å². The van der Waals surface area contributed by atoms with Gasteiger partial charge in [0.1, 0.15) is 24.4 Å². The Morgan fingerprint density at radius 2 is 2.00 bits per heavy atom. The van der Waals surface area contributed by atoms with Crippen molar-refractivity contribution >= 4 is 6.21 Å². The van der Waals surface area contributed by atoms with E-state index in [1.54, 1.807) is 0 Å². The molecule has 0 aromatic carbocycles. The second-order valence-corrected chi connectivity index (χ2v) is 3.80. The number of aliphatic hydroxyl groups is 4. The van der Waals surface area contributed by atoms with Crippen molar-refractivity contribution in [1.82, 2.24) is 0 Å². The molecule has 4 N–H and O–H groups in total. The zero-order valence-corrected chi connectivity index (χ0v) is 7.85. The molecule has 2 rings (SSSR count).